The van der Waals surface area contributed by atoms with E-state index in [1.165, 1.54) is 11.3 Å². The molecule has 0 aliphatic heterocycles. The molecule has 0 atom stereocenters. The Balaban J connectivity index is 2.10. The number of benzene rings is 1. The van der Waals surface area contributed by atoms with Gasteiger partial charge in [-0.2, -0.15) is 0 Å². The molecule has 1 amide bonds. The first kappa shape index (κ1) is 14.5. The molecule has 19 heavy (non-hydrogen) atoms. The number of carbonyl (C=O) groups excluding carboxylic acids is 1. The highest BCUT2D eigenvalue weighted by atomic mass is 79.9. The average molecular weight is 406 g/mol. The standard InChI is InChI=1S/C12H10Br2N2O2S/c13-8-1-2-10(9(14)5-8)18-6-7-3-4-19-11(7)12(17)16-15/h1-5H,6,15H2,(H,16,17). The molecule has 1 aromatic heterocycles. The number of hydrogen-bond acceptors (Lipinski definition) is 4. The molecule has 3 N–H and O–H groups in total. The lowest BCUT2D eigenvalue weighted by atomic mass is 10.2. The minimum Gasteiger partial charge on any atom is -0.488 e. The molecule has 4 nitrogen and oxygen atoms in total. The van der Waals surface area contributed by atoms with E-state index in [1.54, 1.807) is 0 Å². The molecular weight excluding hydrogens is 396 g/mol. The van der Waals surface area contributed by atoms with Crippen molar-refractivity contribution in [2.45, 2.75) is 6.61 Å². The van der Waals surface area contributed by atoms with Gasteiger partial charge in [0.05, 0.1) is 9.35 Å². The lowest BCUT2D eigenvalue weighted by Gasteiger charge is -2.08. The van der Waals surface area contributed by atoms with Gasteiger partial charge in [0.25, 0.3) is 5.91 Å². The number of nitrogen functional groups attached to an aromatic ring is 1. The molecule has 0 bridgehead atoms. The highest BCUT2D eigenvalue weighted by molar-refractivity contribution is 9.11. The molecule has 0 fully saturated rings. The summed E-state index contributed by atoms with van der Waals surface area (Å²) in [6.45, 7) is 0.312. The lowest BCUT2D eigenvalue weighted by molar-refractivity contribution is 0.0955. The normalized spacial score (nSPS) is 10.3. The average Bonchev–Trinajstić information content (AvgIpc) is 2.85. The van der Waals surface area contributed by atoms with Gasteiger partial charge in [-0.1, -0.05) is 15.9 Å². The molecule has 0 saturated heterocycles. The van der Waals surface area contributed by atoms with Crippen LogP contribution in [0.15, 0.2) is 38.6 Å². The maximum atomic E-state index is 11.5. The van der Waals surface area contributed by atoms with E-state index in [9.17, 15) is 4.79 Å². The van der Waals surface area contributed by atoms with E-state index in [4.69, 9.17) is 10.6 Å². The van der Waals surface area contributed by atoms with E-state index in [-0.39, 0.29) is 5.91 Å². The second-order valence-corrected chi connectivity index (χ2v) is 6.30. The van der Waals surface area contributed by atoms with Crippen LogP contribution in [0, 0.1) is 0 Å². The Morgan fingerprint density at radius 3 is 2.84 bits per heavy atom. The van der Waals surface area contributed by atoms with Crippen LogP contribution in [0.25, 0.3) is 0 Å². The van der Waals surface area contributed by atoms with Gasteiger partial charge in [0.2, 0.25) is 0 Å². The van der Waals surface area contributed by atoms with E-state index >= 15 is 0 Å². The lowest BCUT2D eigenvalue weighted by Crippen LogP contribution is -2.30. The van der Waals surface area contributed by atoms with E-state index in [1.807, 2.05) is 29.6 Å². The number of halogens is 2. The predicted molar refractivity (Wildman–Crippen MR) is 82.1 cm³/mol. The van der Waals surface area contributed by atoms with Gasteiger partial charge in [-0.15, -0.1) is 11.3 Å². The van der Waals surface area contributed by atoms with Crippen molar-refractivity contribution in [2.75, 3.05) is 0 Å². The zero-order valence-electron chi connectivity index (χ0n) is 9.65. The molecule has 7 heteroatoms. The second-order valence-electron chi connectivity index (χ2n) is 3.61. The maximum Gasteiger partial charge on any atom is 0.275 e. The summed E-state index contributed by atoms with van der Waals surface area (Å²) in [5.74, 6) is 5.55. The molecule has 1 aromatic carbocycles. The highest BCUT2D eigenvalue weighted by Gasteiger charge is 2.12. The molecule has 0 spiro atoms. The van der Waals surface area contributed by atoms with Gasteiger partial charge in [0.15, 0.2) is 0 Å². The summed E-state index contributed by atoms with van der Waals surface area (Å²) in [6.07, 6.45) is 0. The van der Waals surface area contributed by atoms with Gasteiger partial charge in [0, 0.05) is 10.0 Å². The SMILES string of the molecule is NNC(=O)c1sccc1COc1ccc(Br)cc1Br. The zero-order valence-corrected chi connectivity index (χ0v) is 13.6. The summed E-state index contributed by atoms with van der Waals surface area (Å²) in [7, 11) is 0. The van der Waals surface area contributed by atoms with Gasteiger partial charge >= 0.3 is 0 Å². The molecule has 2 rings (SSSR count). The van der Waals surface area contributed by atoms with Crippen LogP contribution in [-0.2, 0) is 6.61 Å². The second kappa shape index (κ2) is 6.51. The minimum absolute atomic E-state index is 0.302. The summed E-state index contributed by atoms with van der Waals surface area (Å²) in [5.41, 5.74) is 2.93. The molecule has 2 aromatic rings. The van der Waals surface area contributed by atoms with Crippen LogP contribution in [0.1, 0.15) is 15.2 Å². The van der Waals surface area contributed by atoms with Crippen LogP contribution in [-0.4, -0.2) is 5.91 Å². The number of nitrogens with two attached hydrogens (primary N) is 1. The van der Waals surface area contributed by atoms with Crippen LogP contribution in [0.3, 0.4) is 0 Å². The molecule has 1 heterocycles. The number of ether oxygens (including phenoxy) is 1. The summed E-state index contributed by atoms with van der Waals surface area (Å²) >= 11 is 8.13. The number of carbonyl (C=O) groups is 1. The Morgan fingerprint density at radius 1 is 1.37 bits per heavy atom. The first-order valence-electron chi connectivity index (χ1n) is 5.27. The molecule has 0 radical (unpaired) electrons. The van der Waals surface area contributed by atoms with Crippen molar-refractivity contribution in [1.82, 2.24) is 5.43 Å². The first-order chi connectivity index (χ1) is 9.11. The van der Waals surface area contributed by atoms with Crippen LogP contribution in [0.5, 0.6) is 5.75 Å². The molecule has 0 unspecified atom stereocenters. The third-order valence-electron chi connectivity index (χ3n) is 2.36. The number of thiophene rings is 1. The highest BCUT2D eigenvalue weighted by Crippen LogP contribution is 2.29. The fraction of sp³-hybridized carbons (Fsp3) is 0.0833. The van der Waals surface area contributed by atoms with Gasteiger partial charge in [-0.3, -0.25) is 10.2 Å². The number of amides is 1. The molecule has 0 aliphatic rings. The predicted octanol–water partition coefficient (Wildman–Crippen LogP) is 3.46. The molecular formula is C12H10Br2N2O2S. The van der Waals surface area contributed by atoms with Gasteiger partial charge < -0.3 is 4.74 Å². The van der Waals surface area contributed by atoms with Gasteiger partial charge in [-0.05, 0) is 45.6 Å². The van der Waals surface area contributed by atoms with Crippen molar-refractivity contribution in [3.8, 4) is 5.75 Å². The fourth-order valence-electron chi connectivity index (χ4n) is 1.46. The Kier molecular flexibility index (Phi) is 4.98. The topological polar surface area (TPSA) is 64.3 Å². The van der Waals surface area contributed by atoms with Crippen molar-refractivity contribution in [1.29, 1.82) is 0 Å². The van der Waals surface area contributed by atoms with Crippen molar-refractivity contribution in [3.05, 3.63) is 49.0 Å². The van der Waals surface area contributed by atoms with Crippen LogP contribution in [0.2, 0.25) is 0 Å². The first-order valence-corrected chi connectivity index (χ1v) is 7.73. The Labute approximate surface area is 131 Å². The largest absolute Gasteiger partial charge is 0.488 e. The maximum absolute atomic E-state index is 11.5. The summed E-state index contributed by atoms with van der Waals surface area (Å²) in [4.78, 5) is 12.1. The molecule has 0 saturated carbocycles. The summed E-state index contributed by atoms with van der Waals surface area (Å²) < 4.78 is 7.50. The summed E-state index contributed by atoms with van der Waals surface area (Å²) in [6, 6.07) is 7.49. The number of nitrogens with one attached hydrogen (secondary N) is 1. The van der Waals surface area contributed by atoms with E-state index in [2.05, 4.69) is 37.3 Å². The van der Waals surface area contributed by atoms with Crippen LogP contribution < -0.4 is 16.0 Å². The molecule has 0 aliphatic carbocycles. The van der Waals surface area contributed by atoms with Crippen molar-refractivity contribution < 1.29 is 9.53 Å². The van der Waals surface area contributed by atoms with Crippen molar-refractivity contribution >= 4 is 49.1 Å². The zero-order chi connectivity index (χ0) is 13.8. The van der Waals surface area contributed by atoms with Gasteiger partial charge in [0.1, 0.15) is 12.4 Å². The fourth-order valence-corrected chi connectivity index (χ4v) is 3.44. The Morgan fingerprint density at radius 2 is 2.16 bits per heavy atom. The Bertz CT molecular complexity index is 601. The smallest absolute Gasteiger partial charge is 0.275 e. The quantitative estimate of drug-likeness (QED) is 0.465. The van der Waals surface area contributed by atoms with Gasteiger partial charge in [-0.25, -0.2) is 5.84 Å². The number of hydrogen-bond donors (Lipinski definition) is 2. The number of rotatable bonds is 4. The van der Waals surface area contributed by atoms with Crippen LogP contribution in [0.4, 0.5) is 0 Å². The van der Waals surface area contributed by atoms with Crippen molar-refractivity contribution in [3.63, 3.8) is 0 Å². The van der Waals surface area contributed by atoms with E-state index in [0.717, 1.165) is 14.5 Å². The Hall–Kier alpha value is -0.890. The minimum atomic E-state index is -0.302. The number of hydrazine groups is 1. The monoisotopic (exact) mass is 404 g/mol. The van der Waals surface area contributed by atoms with Crippen molar-refractivity contribution in [2.24, 2.45) is 5.84 Å². The summed E-state index contributed by atoms with van der Waals surface area (Å²) in [5, 5.41) is 1.83. The van der Waals surface area contributed by atoms with E-state index in [0.29, 0.717) is 17.2 Å². The van der Waals surface area contributed by atoms with E-state index < -0.39 is 0 Å². The third kappa shape index (κ3) is 3.56. The van der Waals surface area contributed by atoms with Crippen LogP contribution >= 0.6 is 43.2 Å². The molecule has 100 valence electrons. The third-order valence-corrected chi connectivity index (χ3v) is 4.43.